The van der Waals surface area contributed by atoms with E-state index in [1.54, 1.807) is 0 Å². The van der Waals surface area contributed by atoms with Crippen LogP contribution in [0.4, 0.5) is 0 Å². The van der Waals surface area contributed by atoms with E-state index in [9.17, 15) is 0 Å². The number of rotatable bonds is 2. The van der Waals surface area contributed by atoms with Crippen LogP contribution in [0.2, 0.25) is 0 Å². The summed E-state index contributed by atoms with van der Waals surface area (Å²) in [4.78, 5) is 9.62. The normalized spacial score (nSPS) is 29.7. The van der Waals surface area contributed by atoms with Gasteiger partial charge >= 0.3 is 0 Å². The van der Waals surface area contributed by atoms with Crippen LogP contribution >= 0.6 is 0 Å². The number of hydrogen-bond donors (Lipinski definition) is 0. The molecule has 4 aliphatic rings. The Morgan fingerprint density at radius 1 is 0.769 bits per heavy atom. The average Bonchev–Trinajstić information content (AvgIpc) is 3.38. The number of nitrogens with zero attached hydrogens (tertiary/aromatic N) is 2. The van der Waals surface area contributed by atoms with Crippen LogP contribution in [0.3, 0.4) is 0 Å². The third-order valence-electron chi connectivity index (χ3n) is 5.85. The van der Waals surface area contributed by atoms with E-state index in [1.807, 2.05) is 0 Å². The van der Waals surface area contributed by atoms with Crippen molar-refractivity contribution in [2.24, 2.45) is 9.98 Å². The standard InChI is InChI=1S/C22H18N2O2/c1-12(21-23-19-15-8-4-2-6-13(15)10-17(19)25-21)22-24-20-16-9-5-3-7-14(16)11-18(20)26-22/h2-9,17-20H,1,10-11H2/t17-,18-,19+,20+/m1/s1. The van der Waals surface area contributed by atoms with Gasteiger partial charge in [0.15, 0.2) is 0 Å². The lowest BCUT2D eigenvalue weighted by Gasteiger charge is -2.12. The van der Waals surface area contributed by atoms with Crippen molar-refractivity contribution < 1.29 is 9.47 Å². The second-order valence-corrected chi connectivity index (χ2v) is 7.36. The lowest BCUT2D eigenvalue weighted by Crippen LogP contribution is -2.20. The molecule has 0 radical (unpaired) electrons. The van der Waals surface area contributed by atoms with Crippen LogP contribution in [-0.4, -0.2) is 24.0 Å². The van der Waals surface area contributed by atoms with Gasteiger partial charge in [0.1, 0.15) is 24.3 Å². The minimum absolute atomic E-state index is 0.0696. The van der Waals surface area contributed by atoms with E-state index in [2.05, 4.69) is 55.1 Å². The highest BCUT2D eigenvalue weighted by Gasteiger charge is 2.43. The van der Waals surface area contributed by atoms with Gasteiger partial charge < -0.3 is 9.47 Å². The summed E-state index contributed by atoms with van der Waals surface area (Å²) in [5, 5.41) is 0. The summed E-state index contributed by atoms with van der Waals surface area (Å²) < 4.78 is 12.2. The molecule has 0 unspecified atom stereocenters. The van der Waals surface area contributed by atoms with E-state index in [1.165, 1.54) is 22.3 Å². The molecule has 0 fully saturated rings. The molecule has 0 saturated heterocycles. The Morgan fingerprint density at radius 2 is 1.23 bits per heavy atom. The van der Waals surface area contributed by atoms with E-state index in [0.717, 1.165) is 12.8 Å². The third-order valence-corrected chi connectivity index (χ3v) is 5.85. The Balaban J connectivity index is 1.28. The number of ether oxygens (including phenoxy) is 2. The Kier molecular flexibility index (Phi) is 2.79. The number of aliphatic imine (C=N–C) groups is 2. The first-order valence-corrected chi connectivity index (χ1v) is 9.12. The van der Waals surface area contributed by atoms with Crippen molar-refractivity contribution in [3.63, 3.8) is 0 Å². The first-order chi connectivity index (χ1) is 12.8. The minimum Gasteiger partial charge on any atom is -0.471 e. The molecule has 2 aromatic rings. The predicted molar refractivity (Wildman–Crippen MR) is 99.5 cm³/mol. The molecule has 0 N–H and O–H groups in total. The van der Waals surface area contributed by atoms with Gasteiger partial charge in [0.25, 0.3) is 0 Å². The summed E-state index contributed by atoms with van der Waals surface area (Å²) in [6, 6.07) is 17.0. The molecule has 4 heteroatoms. The molecule has 2 aliphatic carbocycles. The van der Waals surface area contributed by atoms with Crippen LogP contribution in [0, 0.1) is 0 Å². The second kappa shape index (κ2) is 5.07. The van der Waals surface area contributed by atoms with Gasteiger partial charge in [-0.05, 0) is 22.3 Å². The van der Waals surface area contributed by atoms with Crippen molar-refractivity contribution >= 4 is 11.8 Å². The summed E-state index contributed by atoms with van der Waals surface area (Å²) in [5.41, 5.74) is 5.86. The highest BCUT2D eigenvalue weighted by molar-refractivity contribution is 6.19. The van der Waals surface area contributed by atoms with Crippen LogP contribution in [-0.2, 0) is 22.3 Å². The Bertz CT molecular complexity index is 927. The van der Waals surface area contributed by atoms with E-state index in [4.69, 9.17) is 19.5 Å². The first-order valence-electron chi connectivity index (χ1n) is 9.12. The Morgan fingerprint density at radius 3 is 1.73 bits per heavy atom. The fraction of sp³-hybridized carbons (Fsp3) is 0.273. The molecule has 2 heterocycles. The molecule has 6 rings (SSSR count). The largest absolute Gasteiger partial charge is 0.471 e. The summed E-state index contributed by atoms with van der Waals surface area (Å²) in [6.07, 6.45) is 1.93. The van der Waals surface area contributed by atoms with E-state index in [-0.39, 0.29) is 24.3 Å². The van der Waals surface area contributed by atoms with Crippen molar-refractivity contribution in [2.75, 3.05) is 0 Å². The van der Waals surface area contributed by atoms with Crippen LogP contribution in [0.15, 0.2) is 70.7 Å². The molecule has 0 aromatic heterocycles. The molecule has 4 atom stereocenters. The number of benzene rings is 2. The molecule has 2 aliphatic heterocycles. The van der Waals surface area contributed by atoms with Crippen molar-refractivity contribution in [1.82, 2.24) is 0 Å². The molecule has 2 aromatic carbocycles. The molecule has 0 amide bonds. The van der Waals surface area contributed by atoms with Gasteiger partial charge in [-0.1, -0.05) is 55.1 Å². The first kappa shape index (κ1) is 14.3. The maximum atomic E-state index is 6.12. The topological polar surface area (TPSA) is 43.2 Å². The van der Waals surface area contributed by atoms with Crippen molar-refractivity contribution in [3.05, 3.63) is 82.9 Å². The van der Waals surface area contributed by atoms with Crippen LogP contribution in [0.5, 0.6) is 0 Å². The molecular weight excluding hydrogens is 324 g/mol. The molecular formula is C22H18N2O2. The summed E-state index contributed by atoms with van der Waals surface area (Å²) in [5.74, 6) is 1.17. The predicted octanol–water partition coefficient (Wildman–Crippen LogP) is 3.73. The summed E-state index contributed by atoms with van der Waals surface area (Å²) in [6.45, 7) is 4.17. The lowest BCUT2D eigenvalue weighted by atomic mass is 10.1. The maximum Gasteiger partial charge on any atom is 0.222 e. The number of fused-ring (bicyclic) bond motifs is 6. The quantitative estimate of drug-likeness (QED) is 0.834. The third kappa shape index (κ3) is 1.90. The van der Waals surface area contributed by atoms with E-state index in [0.29, 0.717) is 17.4 Å². The average molecular weight is 342 g/mol. The van der Waals surface area contributed by atoms with Gasteiger partial charge in [-0.15, -0.1) is 0 Å². The second-order valence-electron chi connectivity index (χ2n) is 7.36. The van der Waals surface area contributed by atoms with Gasteiger partial charge in [0.2, 0.25) is 11.8 Å². The van der Waals surface area contributed by atoms with Gasteiger partial charge in [-0.25, -0.2) is 9.98 Å². The lowest BCUT2D eigenvalue weighted by molar-refractivity contribution is 0.199. The zero-order chi connectivity index (χ0) is 17.3. The van der Waals surface area contributed by atoms with Gasteiger partial charge in [0.05, 0.1) is 5.57 Å². The van der Waals surface area contributed by atoms with Crippen LogP contribution in [0.1, 0.15) is 34.3 Å². The summed E-state index contributed by atoms with van der Waals surface area (Å²) in [7, 11) is 0. The fourth-order valence-electron chi connectivity index (χ4n) is 4.58. The monoisotopic (exact) mass is 342 g/mol. The molecule has 128 valence electrons. The molecule has 0 saturated carbocycles. The molecule has 4 nitrogen and oxygen atoms in total. The highest BCUT2D eigenvalue weighted by atomic mass is 16.5. The molecule has 0 spiro atoms. The zero-order valence-corrected chi connectivity index (χ0v) is 14.3. The number of hydrogen-bond acceptors (Lipinski definition) is 4. The summed E-state index contributed by atoms with van der Waals surface area (Å²) >= 11 is 0. The fourth-order valence-corrected chi connectivity index (χ4v) is 4.58. The van der Waals surface area contributed by atoms with Crippen LogP contribution in [0.25, 0.3) is 0 Å². The van der Waals surface area contributed by atoms with Gasteiger partial charge in [0, 0.05) is 12.8 Å². The SMILES string of the molecule is C=C(C1=N[C@H]2c3ccccc3C[C@H]2O1)C1=N[C@H]2c3ccccc3C[C@H]2O1. The van der Waals surface area contributed by atoms with Crippen molar-refractivity contribution in [1.29, 1.82) is 0 Å². The minimum atomic E-state index is 0.0696. The molecule has 0 bridgehead atoms. The van der Waals surface area contributed by atoms with Crippen LogP contribution < -0.4 is 0 Å². The van der Waals surface area contributed by atoms with E-state index >= 15 is 0 Å². The van der Waals surface area contributed by atoms with Gasteiger partial charge in [-0.3, -0.25) is 0 Å². The highest BCUT2D eigenvalue weighted by Crippen LogP contribution is 2.43. The van der Waals surface area contributed by atoms with Crippen molar-refractivity contribution in [3.8, 4) is 0 Å². The maximum absolute atomic E-state index is 6.12. The Labute approximate surface area is 151 Å². The van der Waals surface area contributed by atoms with E-state index < -0.39 is 0 Å². The smallest absolute Gasteiger partial charge is 0.222 e. The molecule has 26 heavy (non-hydrogen) atoms. The zero-order valence-electron chi connectivity index (χ0n) is 14.3. The Hall–Kier alpha value is -2.88. The van der Waals surface area contributed by atoms with Crippen molar-refractivity contribution in [2.45, 2.75) is 37.1 Å². The van der Waals surface area contributed by atoms with Gasteiger partial charge in [-0.2, -0.15) is 0 Å².